The molecule has 3 atom stereocenters. The van der Waals surface area contributed by atoms with Crippen molar-refractivity contribution in [3.8, 4) is 0 Å². The molecule has 1 saturated heterocycles. The summed E-state index contributed by atoms with van der Waals surface area (Å²) in [5, 5.41) is 0. The fraction of sp³-hybridized carbons (Fsp3) is 0.588. The minimum Gasteiger partial charge on any atom is -0.349 e. The van der Waals surface area contributed by atoms with Crippen LogP contribution in [-0.4, -0.2) is 52.8 Å². The van der Waals surface area contributed by atoms with Gasteiger partial charge in [-0.05, 0) is 32.9 Å². The maximum Gasteiger partial charge on any atom is 0.264 e. The molecule has 0 aliphatic carbocycles. The number of hydrogen-bond donors (Lipinski definition) is 1. The Kier molecular flexibility index (Phi) is 6.09. The highest BCUT2D eigenvalue weighted by Crippen LogP contribution is 2.37. The predicted molar refractivity (Wildman–Crippen MR) is 92.8 cm³/mol. The van der Waals surface area contributed by atoms with Gasteiger partial charge in [-0.3, -0.25) is 4.79 Å². The van der Waals surface area contributed by atoms with Gasteiger partial charge in [0.25, 0.3) is 10.0 Å². The lowest BCUT2D eigenvalue weighted by Gasteiger charge is -2.48. The van der Waals surface area contributed by atoms with Gasteiger partial charge in [0.2, 0.25) is 17.5 Å². The number of carbonyl (C=O) groups is 1. The number of ether oxygens (including phenoxy) is 4. The first-order chi connectivity index (χ1) is 12.0. The molecule has 1 N–H and O–H groups in total. The van der Waals surface area contributed by atoms with E-state index >= 15 is 0 Å². The SMILES string of the molecule is CO[C@@]1(C)OC[C@H](CC(=O)NS(=O)(=O)c2ccc(C)cc2)O[C@]1(C)OC. The molecule has 1 aliphatic rings. The molecule has 0 bridgehead atoms. The maximum atomic E-state index is 12.3. The Morgan fingerprint density at radius 2 is 1.77 bits per heavy atom. The van der Waals surface area contributed by atoms with E-state index in [0.29, 0.717) is 0 Å². The lowest BCUT2D eigenvalue weighted by Crippen LogP contribution is -2.62. The molecule has 26 heavy (non-hydrogen) atoms. The monoisotopic (exact) mass is 387 g/mol. The van der Waals surface area contributed by atoms with Crippen LogP contribution in [0.4, 0.5) is 0 Å². The lowest BCUT2D eigenvalue weighted by atomic mass is 10.1. The second-order valence-corrected chi connectivity index (χ2v) is 8.08. The third-order valence-corrected chi connectivity index (χ3v) is 5.92. The molecule has 2 rings (SSSR count). The van der Waals surface area contributed by atoms with Crippen molar-refractivity contribution >= 4 is 15.9 Å². The number of sulfonamides is 1. The Morgan fingerprint density at radius 3 is 2.31 bits per heavy atom. The second kappa shape index (κ2) is 7.61. The van der Waals surface area contributed by atoms with E-state index in [0.717, 1.165) is 5.56 Å². The van der Waals surface area contributed by atoms with E-state index in [1.807, 2.05) is 11.6 Å². The summed E-state index contributed by atoms with van der Waals surface area (Å²) in [5.74, 6) is -3.10. The van der Waals surface area contributed by atoms with Gasteiger partial charge < -0.3 is 18.9 Å². The zero-order chi connectivity index (χ0) is 19.6. The van der Waals surface area contributed by atoms with E-state index in [4.69, 9.17) is 18.9 Å². The number of aryl methyl sites for hydroxylation is 1. The fourth-order valence-corrected chi connectivity index (χ4v) is 3.59. The first kappa shape index (κ1) is 20.8. The predicted octanol–water partition coefficient (Wildman–Crippen LogP) is 1.33. The Labute approximate surface area is 153 Å². The molecular weight excluding hydrogens is 362 g/mol. The minimum absolute atomic E-state index is 0.0194. The standard InChI is InChI=1S/C17H25NO7S/c1-12-6-8-14(9-7-12)26(20,21)18-15(19)10-13-11-24-16(2,22-4)17(3,23-5)25-13/h6-9,13H,10-11H2,1-5H3,(H,18,19)/t13-,16-,17-/m0/s1. The molecule has 0 unspecified atom stereocenters. The second-order valence-electron chi connectivity index (χ2n) is 6.40. The molecule has 0 saturated carbocycles. The van der Waals surface area contributed by atoms with Crippen molar-refractivity contribution in [2.45, 2.75) is 49.8 Å². The van der Waals surface area contributed by atoms with Gasteiger partial charge >= 0.3 is 0 Å². The highest BCUT2D eigenvalue weighted by atomic mass is 32.2. The number of benzene rings is 1. The number of carbonyl (C=O) groups excluding carboxylic acids is 1. The molecule has 1 aromatic carbocycles. The van der Waals surface area contributed by atoms with Gasteiger partial charge in [-0.1, -0.05) is 17.7 Å². The summed E-state index contributed by atoms with van der Waals surface area (Å²) in [6.45, 7) is 5.19. The summed E-state index contributed by atoms with van der Waals surface area (Å²) in [5.41, 5.74) is 0.920. The van der Waals surface area contributed by atoms with Gasteiger partial charge in [-0.15, -0.1) is 0 Å². The van der Waals surface area contributed by atoms with Gasteiger partial charge in [-0.2, -0.15) is 0 Å². The van der Waals surface area contributed by atoms with Crippen LogP contribution in [0.1, 0.15) is 25.8 Å². The van der Waals surface area contributed by atoms with Gasteiger partial charge in [-0.25, -0.2) is 13.1 Å². The Hall–Kier alpha value is -1.52. The highest BCUT2D eigenvalue weighted by molar-refractivity contribution is 7.90. The van der Waals surface area contributed by atoms with Gasteiger partial charge in [0.05, 0.1) is 24.0 Å². The zero-order valence-electron chi connectivity index (χ0n) is 15.6. The number of rotatable bonds is 6. The third-order valence-electron chi connectivity index (χ3n) is 4.53. The fourth-order valence-electron chi connectivity index (χ4n) is 2.60. The molecule has 8 nitrogen and oxygen atoms in total. The van der Waals surface area contributed by atoms with Crippen molar-refractivity contribution in [1.82, 2.24) is 4.72 Å². The van der Waals surface area contributed by atoms with Crippen molar-refractivity contribution in [2.75, 3.05) is 20.8 Å². The molecule has 146 valence electrons. The van der Waals surface area contributed by atoms with E-state index in [1.54, 1.807) is 26.0 Å². The summed E-state index contributed by atoms with van der Waals surface area (Å²) in [6, 6.07) is 6.20. The average Bonchev–Trinajstić information content (AvgIpc) is 2.58. The Bertz CT molecular complexity index is 749. The van der Waals surface area contributed by atoms with Crippen LogP contribution in [-0.2, 0) is 33.8 Å². The van der Waals surface area contributed by atoms with Crippen LogP contribution in [0.25, 0.3) is 0 Å². The zero-order valence-corrected chi connectivity index (χ0v) is 16.4. The van der Waals surface area contributed by atoms with E-state index in [9.17, 15) is 13.2 Å². The van der Waals surface area contributed by atoms with E-state index in [2.05, 4.69) is 0 Å². The summed E-state index contributed by atoms with van der Waals surface area (Å²) >= 11 is 0. The van der Waals surface area contributed by atoms with Crippen molar-refractivity contribution in [3.63, 3.8) is 0 Å². The quantitative estimate of drug-likeness (QED) is 0.786. The van der Waals surface area contributed by atoms with Crippen molar-refractivity contribution in [3.05, 3.63) is 29.8 Å². The number of methoxy groups -OCH3 is 2. The van der Waals surface area contributed by atoms with Crippen molar-refractivity contribution < 1.29 is 32.2 Å². The van der Waals surface area contributed by atoms with Crippen LogP contribution in [0.15, 0.2) is 29.2 Å². The third kappa shape index (κ3) is 4.24. The topological polar surface area (TPSA) is 100 Å². The van der Waals surface area contributed by atoms with Gasteiger partial charge in [0, 0.05) is 14.2 Å². The lowest BCUT2D eigenvalue weighted by molar-refractivity contribution is -0.430. The van der Waals surface area contributed by atoms with Crippen LogP contribution in [0.3, 0.4) is 0 Å². The summed E-state index contributed by atoms with van der Waals surface area (Å²) in [6.07, 6.45) is -0.888. The van der Waals surface area contributed by atoms with Crippen LogP contribution >= 0.6 is 0 Å². The molecule has 0 aromatic heterocycles. The van der Waals surface area contributed by atoms with E-state index in [-0.39, 0.29) is 17.9 Å². The molecular formula is C17H25NO7S. The first-order valence-corrected chi connectivity index (χ1v) is 9.58. The molecule has 1 fully saturated rings. The number of hydrogen-bond acceptors (Lipinski definition) is 7. The molecule has 9 heteroatoms. The minimum atomic E-state index is -3.94. The highest BCUT2D eigenvalue weighted by Gasteiger charge is 2.53. The van der Waals surface area contributed by atoms with Crippen molar-refractivity contribution in [2.24, 2.45) is 0 Å². The molecule has 1 heterocycles. The molecule has 0 radical (unpaired) electrons. The average molecular weight is 387 g/mol. The molecule has 1 aliphatic heterocycles. The Morgan fingerprint density at radius 1 is 1.19 bits per heavy atom. The van der Waals surface area contributed by atoms with E-state index in [1.165, 1.54) is 26.4 Å². The summed E-state index contributed by atoms with van der Waals surface area (Å²) < 4.78 is 48.7. The van der Waals surface area contributed by atoms with Gasteiger partial charge in [0.15, 0.2) is 0 Å². The van der Waals surface area contributed by atoms with Crippen LogP contribution in [0, 0.1) is 6.92 Å². The normalized spacial score (nSPS) is 29.3. The Balaban J connectivity index is 2.03. The van der Waals surface area contributed by atoms with Crippen molar-refractivity contribution in [1.29, 1.82) is 0 Å². The van der Waals surface area contributed by atoms with Crippen LogP contribution in [0.5, 0.6) is 0 Å². The molecule has 1 aromatic rings. The van der Waals surface area contributed by atoms with E-state index < -0.39 is 33.6 Å². The van der Waals surface area contributed by atoms with Gasteiger partial charge in [0.1, 0.15) is 0 Å². The van der Waals surface area contributed by atoms with Crippen LogP contribution in [0.2, 0.25) is 0 Å². The maximum absolute atomic E-state index is 12.3. The largest absolute Gasteiger partial charge is 0.349 e. The molecule has 1 amide bonds. The number of amides is 1. The molecule has 0 spiro atoms. The number of nitrogens with one attached hydrogen (secondary N) is 1. The smallest absolute Gasteiger partial charge is 0.264 e. The summed E-state index contributed by atoms with van der Waals surface area (Å²) in [4.78, 5) is 12.2. The summed E-state index contributed by atoms with van der Waals surface area (Å²) in [7, 11) is -1.05. The first-order valence-electron chi connectivity index (χ1n) is 8.09. The van der Waals surface area contributed by atoms with Crippen LogP contribution < -0.4 is 4.72 Å².